The highest BCUT2D eigenvalue weighted by molar-refractivity contribution is 6.06. The van der Waals surface area contributed by atoms with Gasteiger partial charge in [-0.05, 0) is 53.5 Å². The Labute approximate surface area is 257 Å². The number of hydrogen-bond donors (Lipinski definition) is 1. The highest BCUT2D eigenvalue weighted by atomic mass is 19.4. The van der Waals surface area contributed by atoms with Crippen molar-refractivity contribution in [3.05, 3.63) is 86.2 Å². The molecule has 9 nitrogen and oxygen atoms in total. The number of carboxylic acid groups (broad SMARTS) is 1. The lowest BCUT2D eigenvalue weighted by Gasteiger charge is -2.49. The van der Waals surface area contributed by atoms with Crippen molar-refractivity contribution in [2.45, 2.75) is 71.9 Å². The molecule has 0 spiro atoms. The fourth-order valence-electron chi connectivity index (χ4n) is 6.67. The van der Waals surface area contributed by atoms with E-state index in [2.05, 4.69) is 0 Å². The summed E-state index contributed by atoms with van der Waals surface area (Å²) in [6.07, 6.45) is -3.61. The normalized spacial score (nSPS) is 19.8. The first-order valence-corrected chi connectivity index (χ1v) is 14.5. The molecule has 2 aromatic rings. The third kappa shape index (κ3) is 6.36. The number of ketones is 2. The minimum absolute atomic E-state index is 0.0696. The van der Waals surface area contributed by atoms with Gasteiger partial charge in [-0.2, -0.15) is 13.2 Å². The summed E-state index contributed by atoms with van der Waals surface area (Å²) in [5, 5.41) is 21.2. The molecule has 0 unspecified atom stereocenters. The monoisotopic (exact) mass is 626 g/mol. The molecule has 0 atom stereocenters. The lowest BCUT2D eigenvalue weighted by atomic mass is 9.63. The number of nitro benzene ring substituents is 1. The second kappa shape index (κ2) is 11.1. The average molecular weight is 627 g/mol. The molecule has 0 radical (unpaired) electrons. The smallest absolute Gasteiger partial charge is 0.416 e. The summed E-state index contributed by atoms with van der Waals surface area (Å²) >= 11 is 0. The van der Waals surface area contributed by atoms with Gasteiger partial charge in [0, 0.05) is 53.9 Å². The number of carbonyl (C=O) groups excluding carboxylic acids is 2. The molecule has 0 saturated heterocycles. The lowest BCUT2D eigenvalue weighted by Crippen LogP contribution is -2.45. The second-order valence-corrected chi connectivity index (χ2v) is 13.4. The Bertz CT molecular complexity index is 1630. The minimum Gasteiger partial charge on any atom is -0.481 e. The topological polar surface area (TPSA) is 127 Å². The van der Waals surface area contributed by atoms with Gasteiger partial charge in [0.2, 0.25) is 5.75 Å². The molecule has 0 bridgehead atoms. The maximum absolute atomic E-state index is 13.9. The molecule has 12 heteroatoms. The van der Waals surface area contributed by atoms with Crippen LogP contribution in [0.3, 0.4) is 0 Å². The van der Waals surface area contributed by atoms with E-state index in [9.17, 15) is 42.8 Å². The van der Waals surface area contributed by atoms with Crippen LogP contribution in [0.4, 0.5) is 18.9 Å². The Hall–Kier alpha value is -4.48. The van der Waals surface area contributed by atoms with Crippen LogP contribution in [0.1, 0.15) is 76.8 Å². The van der Waals surface area contributed by atoms with Gasteiger partial charge in [0.25, 0.3) is 0 Å². The van der Waals surface area contributed by atoms with Gasteiger partial charge in [-0.3, -0.25) is 24.5 Å². The van der Waals surface area contributed by atoms with E-state index in [1.54, 1.807) is 12.1 Å². The maximum atomic E-state index is 13.9. The summed E-state index contributed by atoms with van der Waals surface area (Å²) in [6.45, 7) is 7.94. The second-order valence-electron chi connectivity index (χ2n) is 13.4. The molecule has 0 fully saturated rings. The van der Waals surface area contributed by atoms with Crippen molar-refractivity contribution in [2.75, 3.05) is 6.54 Å². The summed E-state index contributed by atoms with van der Waals surface area (Å²) in [5.74, 6) is -2.47. The Morgan fingerprint density at radius 2 is 1.56 bits per heavy atom. The zero-order chi connectivity index (χ0) is 33.1. The summed E-state index contributed by atoms with van der Waals surface area (Å²) < 4.78 is 45.5. The van der Waals surface area contributed by atoms with Crippen LogP contribution in [0.2, 0.25) is 0 Å². The number of Topliss-reactive ketones (excluding diaryl/α,β-unsaturated/α-hetero) is 2. The van der Waals surface area contributed by atoms with Gasteiger partial charge in [0.05, 0.1) is 16.9 Å². The molecule has 45 heavy (non-hydrogen) atoms. The number of ether oxygens (including phenoxy) is 1. The number of carbonyl (C=O) groups is 3. The number of halogens is 3. The summed E-state index contributed by atoms with van der Waals surface area (Å²) in [5.41, 5.74) is -0.226. The number of nitro groups is 1. The Balaban J connectivity index is 1.65. The molecule has 0 aromatic heterocycles. The number of carboxylic acids is 1. The van der Waals surface area contributed by atoms with Crippen LogP contribution >= 0.6 is 0 Å². The molecule has 1 heterocycles. The molecule has 3 aliphatic rings. The van der Waals surface area contributed by atoms with Crippen molar-refractivity contribution >= 4 is 23.2 Å². The number of hydrogen-bond acceptors (Lipinski definition) is 7. The van der Waals surface area contributed by atoms with Gasteiger partial charge in [0.1, 0.15) is 5.75 Å². The van der Waals surface area contributed by atoms with E-state index in [1.807, 2.05) is 32.6 Å². The van der Waals surface area contributed by atoms with Crippen molar-refractivity contribution in [3.63, 3.8) is 0 Å². The van der Waals surface area contributed by atoms with Crippen LogP contribution in [-0.2, 0) is 20.6 Å². The molecule has 5 rings (SSSR count). The third-order valence-corrected chi connectivity index (χ3v) is 8.47. The number of nitrogens with zero attached hydrogens (tertiary/aromatic N) is 2. The van der Waals surface area contributed by atoms with Crippen molar-refractivity contribution in [1.29, 1.82) is 0 Å². The molecule has 1 N–H and O–H groups in total. The van der Waals surface area contributed by atoms with Crippen LogP contribution < -0.4 is 4.74 Å². The predicted molar refractivity (Wildman–Crippen MR) is 156 cm³/mol. The van der Waals surface area contributed by atoms with Crippen molar-refractivity contribution < 1.29 is 42.3 Å². The standard InChI is InChI=1S/C33H33F3N2O7/c1-31(2)14-22-29(24(39)16-31)28(30-23(37(22)11-10-27(41)42)15-32(3,4)17-25(30)40)18-6-5-7-20(12-18)45-26-9-8-19(33(34,35)36)13-21(26)38(43)44/h5-9,12-13,28H,10-11,14-17H2,1-4H3,(H,41,42). The Morgan fingerprint density at radius 1 is 0.978 bits per heavy atom. The SMILES string of the molecule is CC1(C)CC(=O)C2=C(C1)N(CCC(=O)O)C1=C(C(=O)CC(C)(C)C1)C2c1cccc(Oc2ccc(C(F)(F)F)cc2[N+](=O)[O-])c1. The highest BCUT2D eigenvalue weighted by Crippen LogP contribution is 2.54. The lowest BCUT2D eigenvalue weighted by molar-refractivity contribution is -0.385. The first-order valence-electron chi connectivity index (χ1n) is 14.5. The van der Waals surface area contributed by atoms with Gasteiger partial charge >= 0.3 is 17.8 Å². The van der Waals surface area contributed by atoms with E-state index < -0.39 is 50.8 Å². The highest BCUT2D eigenvalue weighted by Gasteiger charge is 2.49. The van der Waals surface area contributed by atoms with E-state index in [-0.39, 0.29) is 43.1 Å². The van der Waals surface area contributed by atoms with Gasteiger partial charge in [-0.25, -0.2) is 0 Å². The van der Waals surface area contributed by atoms with Crippen LogP contribution in [0.15, 0.2) is 65.0 Å². The number of benzene rings is 2. The third-order valence-electron chi connectivity index (χ3n) is 8.47. The van der Waals surface area contributed by atoms with Gasteiger partial charge in [0.15, 0.2) is 11.6 Å². The molecular weight excluding hydrogens is 593 g/mol. The van der Waals surface area contributed by atoms with E-state index in [1.165, 1.54) is 12.1 Å². The fourth-order valence-corrected chi connectivity index (χ4v) is 6.67. The number of allylic oxidation sites excluding steroid dienone is 4. The van der Waals surface area contributed by atoms with Crippen molar-refractivity contribution in [3.8, 4) is 11.5 Å². The Kier molecular flexibility index (Phi) is 7.91. The zero-order valence-corrected chi connectivity index (χ0v) is 25.3. The van der Waals surface area contributed by atoms with Crippen LogP contribution in [0, 0.1) is 20.9 Å². The molecule has 0 amide bonds. The van der Waals surface area contributed by atoms with E-state index in [0.29, 0.717) is 53.1 Å². The van der Waals surface area contributed by atoms with Gasteiger partial charge in [-0.1, -0.05) is 39.8 Å². The number of rotatable bonds is 7. The molecular formula is C33H33F3N2O7. The molecule has 1 aliphatic heterocycles. The van der Waals surface area contributed by atoms with Crippen molar-refractivity contribution in [2.24, 2.45) is 10.8 Å². The molecule has 0 saturated carbocycles. The van der Waals surface area contributed by atoms with Crippen LogP contribution in [0.5, 0.6) is 11.5 Å². The summed E-state index contributed by atoms with van der Waals surface area (Å²) in [4.78, 5) is 52.0. The average Bonchev–Trinajstić information content (AvgIpc) is 2.89. The van der Waals surface area contributed by atoms with Gasteiger partial charge in [-0.15, -0.1) is 0 Å². The number of alkyl halides is 3. The van der Waals surface area contributed by atoms with Crippen LogP contribution in [0.25, 0.3) is 0 Å². The largest absolute Gasteiger partial charge is 0.481 e. The fraction of sp³-hybridized carbons (Fsp3) is 0.424. The summed E-state index contributed by atoms with van der Waals surface area (Å²) in [6, 6.07) is 8.30. The predicted octanol–water partition coefficient (Wildman–Crippen LogP) is 7.57. The van der Waals surface area contributed by atoms with Gasteiger partial charge < -0.3 is 14.7 Å². The first-order chi connectivity index (χ1) is 20.9. The quantitative estimate of drug-likeness (QED) is 0.246. The van der Waals surface area contributed by atoms with E-state index in [4.69, 9.17) is 4.74 Å². The van der Waals surface area contributed by atoms with Crippen molar-refractivity contribution in [1.82, 2.24) is 4.90 Å². The van der Waals surface area contributed by atoms with E-state index in [0.717, 1.165) is 6.07 Å². The molecule has 2 aromatic carbocycles. The minimum atomic E-state index is -4.79. The number of aliphatic carboxylic acids is 1. The summed E-state index contributed by atoms with van der Waals surface area (Å²) in [7, 11) is 0. The molecule has 2 aliphatic carbocycles. The zero-order valence-electron chi connectivity index (χ0n) is 25.3. The van der Waals surface area contributed by atoms with Crippen LogP contribution in [-0.4, -0.2) is 39.0 Å². The van der Waals surface area contributed by atoms with E-state index >= 15 is 0 Å². The molecule has 238 valence electrons. The Morgan fingerprint density at radius 3 is 2.07 bits per heavy atom. The maximum Gasteiger partial charge on any atom is 0.416 e. The first kappa shape index (κ1) is 31.9.